The summed E-state index contributed by atoms with van der Waals surface area (Å²) in [5.74, 6) is -0.438. The molecule has 0 aliphatic carbocycles. The summed E-state index contributed by atoms with van der Waals surface area (Å²) in [4.78, 5) is 41.2. The van der Waals surface area contributed by atoms with E-state index in [-0.39, 0.29) is 11.6 Å². The lowest BCUT2D eigenvalue weighted by atomic mass is 10.1. The Morgan fingerprint density at radius 3 is 2.21 bits per heavy atom. The number of nitrogens with one attached hydrogen (secondary N) is 3. The Bertz CT molecular complexity index is 1920. The zero-order valence-electron chi connectivity index (χ0n) is 26.4. The molecule has 5 rings (SSSR count). The van der Waals surface area contributed by atoms with Crippen LogP contribution in [0.4, 0.5) is 11.4 Å². The highest BCUT2D eigenvalue weighted by Gasteiger charge is 2.23. The molecule has 5 aromatic rings. The van der Waals surface area contributed by atoms with Crippen molar-refractivity contribution in [3.63, 3.8) is 0 Å². The number of amides is 3. The van der Waals surface area contributed by atoms with E-state index >= 15 is 0 Å². The number of hydrogen-bond acceptors (Lipinski definition) is 5. The molecule has 0 aliphatic rings. The number of anilines is 2. The van der Waals surface area contributed by atoms with Crippen molar-refractivity contribution in [2.75, 3.05) is 17.2 Å². The van der Waals surface area contributed by atoms with Crippen molar-refractivity contribution in [1.29, 1.82) is 0 Å². The molecule has 1 atom stereocenters. The number of carbonyl (C=O) groups excluding carboxylic acids is 3. The number of ether oxygens (including phenoxy) is 1. The largest absolute Gasteiger partial charge is 0.494 e. The third kappa shape index (κ3) is 9.15. The molecule has 3 N–H and O–H groups in total. The molecule has 0 bridgehead atoms. The smallest absolute Gasteiger partial charge is 0.272 e. The van der Waals surface area contributed by atoms with Crippen LogP contribution in [-0.4, -0.2) is 24.3 Å². The van der Waals surface area contributed by atoms with Crippen molar-refractivity contribution in [2.24, 2.45) is 0 Å². The third-order valence-electron chi connectivity index (χ3n) is 7.24. The van der Waals surface area contributed by atoms with Crippen LogP contribution in [-0.2, 0) is 9.59 Å². The van der Waals surface area contributed by atoms with E-state index in [9.17, 15) is 14.4 Å². The monoisotopic (exact) mass is 675 g/mol. The minimum absolute atomic E-state index is 0.0597. The predicted octanol–water partition coefficient (Wildman–Crippen LogP) is 8.93. The fourth-order valence-electron chi connectivity index (χ4n) is 4.76. The lowest BCUT2D eigenvalue weighted by molar-refractivity contribution is -0.116. The lowest BCUT2D eigenvalue weighted by Gasteiger charge is -2.19. The minimum Gasteiger partial charge on any atom is -0.494 e. The first-order valence-electron chi connectivity index (χ1n) is 15.3. The van der Waals surface area contributed by atoms with E-state index in [2.05, 4.69) is 16.0 Å². The average Bonchev–Trinajstić information content (AvgIpc) is 3.10. The SMILES string of the molecule is CCOc1ccc(/C=C(/NC(=O)c2ccccc2)C(=O)Nc2cccc(SC(C(=O)Nc3cccc(Cl)c3C)c3ccccc3)c2)cc1. The number of rotatable bonds is 12. The Labute approximate surface area is 289 Å². The standard InChI is InChI=1S/C39H34ClN3O4S/c1-3-47-31-22-20-27(21-23-31)24-35(43-37(44)29-14-8-5-9-15-29)38(45)41-30-16-10-17-32(25-30)48-36(28-12-6-4-7-13-28)39(46)42-34-19-11-18-33(40)26(34)2/h4-25,36H,3H2,1-2H3,(H,41,45)(H,42,46)(H,43,44)/b35-24+. The van der Waals surface area contributed by atoms with Crippen molar-refractivity contribution in [1.82, 2.24) is 5.32 Å². The molecule has 3 amide bonds. The van der Waals surface area contributed by atoms with Crippen LogP contribution in [0, 0.1) is 6.92 Å². The molecular formula is C39H34ClN3O4S. The summed E-state index contributed by atoms with van der Waals surface area (Å²) in [5, 5.41) is 8.67. The molecule has 0 saturated carbocycles. The zero-order valence-corrected chi connectivity index (χ0v) is 28.0. The van der Waals surface area contributed by atoms with Crippen molar-refractivity contribution >= 4 is 58.5 Å². The number of hydrogen-bond donors (Lipinski definition) is 3. The molecule has 0 aliphatic heterocycles. The second-order valence-corrected chi connectivity index (χ2v) is 12.3. The first kappa shape index (κ1) is 34.0. The van der Waals surface area contributed by atoms with Crippen molar-refractivity contribution in [2.45, 2.75) is 24.0 Å². The fraction of sp³-hybridized carbons (Fsp3) is 0.103. The van der Waals surface area contributed by atoms with Crippen LogP contribution < -0.4 is 20.7 Å². The van der Waals surface area contributed by atoms with Gasteiger partial charge in [0.1, 0.15) is 16.7 Å². The summed E-state index contributed by atoms with van der Waals surface area (Å²) in [6, 6.07) is 38.0. The highest BCUT2D eigenvalue weighted by Crippen LogP contribution is 2.38. The van der Waals surface area contributed by atoms with E-state index in [1.54, 1.807) is 72.8 Å². The minimum atomic E-state index is -0.601. The molecule has 0 saturated heterocycles. The topological polar surface area (TPSA) is 96.5 Å². The second kappa shape index (κ2) is 16.5. The first-order chi connectivity index (χ1) is 23.3. The molecule has 0 aromatic heterocycles. The Kier molecular flexibility index (Phi) is 11.7. The van der Waals surface area contributed by atoms with Gasteiger partial charge < -0.3 is 20.7 Å². The van der Waals surface area contributed by atoms with Gasteiger partial charge in [-0.2, -0.15) is 0 Å². The molecule has 242 valence electrons. The normalized spacial score (nSPS) is 11.7. The Morgan fingerprint density at radius 2 is 1.50 bits per heavy atom. The molecule has 0 fully saturated rings. The van der Waals surface area contributed by atoms with Gasteiger partial charge in [0.05, 0.1) is 6.61 Å². The third-order valence-corrected chi connectivity index (χ3v) is 8.90. The van der Waals surface area contributed by atoms with Crippen LogP contribution >= 0.6 is 23.4 Å². The van der Waals surface area contributed by atoms with Gasteiger partial charge in [-0.25, -0.2) is 0 Å². The van der Waals surface area contributed by atoms with E-state index in [4.69, 9.17) is 16.3 Å². The molecule has 0 heterocycles. The maximum absolute atomic E-state index is 13.7. The van der Waals surface area contributed by atoms with E-state index in [1.165, 1.54) is 11.8 Å². The Hall–Kier alpha value is -5.31. The van der Waals surface area contributed by atoms with Crippen LogP contribution in [0.15, 0.2) is 138 Å². The van der Waals surface area contributed by atoms with Gasteiger partial charge in [0.2, 0.25) is 5.91 Å². The van der Waals surface area contributed by atoms with Crippen molar-refractivity contribution in [3.8, 4) is 5.75 Å². The summed E-state index contributed by atoms with van der Waals surface area (Å²) >= 11 is 7.66. The first-order valence-corrected chi connectivity index (χ1v) is 16.6. The predicted molar refractivity (Wildman–Crippen MR) is 194 cm³/mol. The summed E-state index contributed by atoms with van der Waals surface area (Å²) in [6.07, 6.45) is 1.61. The van der Waals surface area contributed by atoms with Gasteiger partial charge in [0.15, 0.2) is 0 Å². The quantitative estimate of drug-likeness (QED) is 0.0907. The maximum Gasteiger partial charge on any atom is 0.272 e. The molecular weight excluding hydrogens is 642 g/mol. The van der Waals surface area contributed by atoms with Crippen molar-refractivity contribution in [3.05, 3.63) is 160 Å². The van der Waals surface area contributed by atoms with Crippen LogP contribution in [0.5, 0.6) is 5.75 Å². The summed E-state index contributed by atoms with van der Waals surface area (Å²) in [6.45, 7) is 4.29. The molecule has 7 nitrogen and oxygen atoms in total. The fourth-order valence-corrected chi connectivity index (χ4v) is 6.02. The summed E-state index contributed by atoms with van der Waals surface area (Å²) < 4.78 is 5.53. The molecule has 0 radical (unpaired) electrons. The van der Waals surface area contributed by atoms with Gasteiger partial charge in [-0.05, 0) is 91.2 Å². The molecule has 0 spiro atoms. The van der Waals surface area contributed by atoms with E-state index in [0.29, 0.717) is 39.9 Å². The van der Waals surface area contributed by atoms with Gasteiger partial charge in [-0.3, -0.25) is 14.4 Å². The van der Waals surface area contributed by atoms with Gasteiger partial charge in [-0.1, -0.05) is 84.4 Å². The van der Waals surface area contributed by atoms with E-state index in [1.807, 2.05) is 74.5 Å². The Morgan fingerprint density at radius 1 is 0.812 bits per heavy atom. The lowest BCUT2D eigenvalue weighted by Crippen LogP contribution is -2.30. The second-order valence-electron chi connectivity index (χ2n) is 10.7. The van der Waals surface area contributed by atoms with Gasteiger partial charge >= 0.3 is 0 Å². The van der Waals surface area contributed by atoms with Crippen LogP contribution in [0.1, 0.15) is 39.2 Å². The highest BCUT2D eigenvalue weighted by atomic mass is 35.5. The Balaban J connectivity index is 1.38. The molecule has 1 unspecified atom stereocenters. The molecule has 5 aromatic carbocycles. The number of thioether (sulfide) groups is 1. The van der Waals surface area contributed by atoms with E-state index in [0.717, 1.165) is 16.0 Å². The number of halogens is 1. The molecule has 48 heavy (non-hydrogen) atoms. The summed E-state index contributed by atoms with van der Waals surface area (Å²) in [5.41, 5.74) is 3.91. The number of carbonyl (C=O) groups is 3. The van der Waals surface area contributed by atoms with E-state index < -0.39 is 17.1 Å². The molecule has 9 heteroatoms. The zero-order chi connectivity index (χ0) is 33.9. The van der Waals surface area contributed by atoms with Crippen LogP contribution in [0.25, 0.3) is 6.08 Å². The summed E-state index contributed by atoms with van der Waals surface area (Å²) in [7, 11) is 0. The number of benzene rings is 5. The van der Waals surface area contributed by atoms with Gasteiger partial charge in [0.25, 0.3) is 11.8 Å². The van der Waals surface area contributed by atoms with Gasteiger partial charge in [0, 0.05) is 26.9 Å². The maximum atomic E-state index is 13.7. The van der Waals surface area contributed by atoms with Gasteiger partial charge in [-0.15, -0.1) is 11.8 Å². The van der Waals surface area contributed by atoms with Crippen LogP contribution in [0.3, 0.4) is 0 Å². The highest BCUT2D eigenvalue weighted by molar-refractivity contribution is 8.00. The van der Waals surface area contributed by atoms with Crippen LogP contribution in [0.2, 0.25) is 5.02 Å². The average molecular weight is 676 g/mol. The van der Waals surface area contributed by atoms with Crippen molar-refractivity contribution < 1.29 is 19.1 Å².